The summed E-state index contributed by atoms with van der Waals surface area (Å²) >= 11 is 0. The van der Waals surface area contributed by atoms with Gasteiger partial charge in [0, 0.05) is 39.2 Å². The zero-order valence-electron chi connectivity index (χ0n) is 25.7. The fraction of sp³-hybridized carbons (Fsp3) is 0.607. The molecule has 5 amide bonds. The van der Waals surface area contributed by atoms with E-state index in [4.69, 9.17) is 10.5 Å². The van der Waals surface area contributed by atoms with Gasteiger partial charge in [-0.05, 0) is 30.0 Å². The SMILES string of the molecule is CC.CC.CC(=O)NCCNC(C(=O)NCC(=O)Nc1ccc(COC(C)=O)cc1)C(C)C.CCCNC(N)=O. The largest absolute Gasteiger partial charge is 0.461 e. The van der Waals surface area contributed by atoms with Gasteiger partial charge in [-0.15, -0.1) is 0 Å². The van der Waals surface area contributed by atoms with Crippen LogP contribution in [0.15, 0.2) is 24.3 Å². The molecular weight excluding hydrogens is 516 g/mol. The molecule has 0 spiro atoms. The van der Waals surface area contributed by atoms with Gasteiger partial charge in [0.15, 0.2) is 0 Å². The molecule has 12 heteroatoms. The molecule has 0 aliphatic rings. The molecule has 0 fully saturated rings. The third kappa shape index (κ3) is 24.7. The minimum atomic E-state index is -0.475. The third-order valence-electron chi connectivity index (χ3n) is 4.46. The summed E-state index contributed by atoms with van der Waals surface area (Å²) in [5.41, 5.74) is 6.10. The molecule has 0 aromatic heterocycles. The van der Waals surface area contributed by atoms with Gasteiger partial charge in [-0.1, -0.05) is 60.6 Å². The van der Waals surface area contributed by atoms with Crippen LogP contribution in [0.25, 0.3) is 0 Å². The van der Waals surface area contributed by atoms with Crippen LogP contribution >= 0.6 is 0 Å². The summed E-state index contributed by atoms with van der Waals surface area (Å²) in [5.74, 6) is -1.11. The zero-order chi connectivity index (χ0) is 31.5. The summed E-state index contributed by atoms with van der Waals surface area (Å²) in [6, 6.07) is 5.95. The molecule has 40 heavy (non-hydrogen) atoms. The normalized spacial score (nSPS) is 10.1. The van der Waals surface area contributed by atoms with E-state index in [1.54, 1.807) is 24.3 Å². The van der Waals surface area contributed by atoms with Crippen molar-refractivity contribution in [3.8, 4) is 0 Å². The molecule has 1 aromatic rings. The van der Waals surface area contributed by atoms with Crippen LogP contribution in [-0.2, 0) is 30.5 Å². The smallest absolute Gasteiger partial charge is 0.312 e. The molecule has 1 rings (SSSR count). The highest BCUT2D eigenvalue weighted by Crippen LogP contribution is 2.10. The highest BCUT2D eigenvalue weighted by atomic mass is 16.5. The molecule has 1 aromatic carbocycles. The van der Waals surface area contributed by atoms with Gasteiger partial charge in [-0.25, -0.2) is 4.79 Å². The lowest BCUT2D eigenvalue weighted by atomic mass is 10.0. The lowest BCUT2D eigenvalue weighted by molar-refractivity contribution is -0.142. The van der Waals surface area contributed by atoms with Crippen molar-refractivity contribution in [2.45, 2.75) is 81.4 Å². The van der Waals surface area contributed by atoms with Crippen molar-refractivity contribution in [3.63, 3.8) is 0 Å². The Morgan fingerprint density at radius 1 is 0.850 bits per heavy atom. The van der Waals surface area contributed by atoms with Crippen LogP contribution < -0.4 is 32.3 Å². The number of rotatable bonds is 13. The summed E-state index contributed by atoms with van der Waals surface area (Å²) in [7, 11) is 0. The lowest BCUT2D eigenvalue weighted by Crippen LogP contribution is -2.50. The fourth-order valence-corrected chi connectivity index (χ4v) is 2.70. The fourth-order valence-electron chi connectivity index (χ4n) is 2.70. The number of nitrogens with two attached hydrogens (primary N) is 1. The summed E-state index contributed by atoms with van der Waals surface area (Å²) in [4.78, 5) is 56.0. The maximum Gasteiger partial charge on any atom is 0.312 e. The van der Waals surface area contributed by atoms with Crippen molar-refractivity contribution < 1.29 is 28.7 Å². The van der Waals surface area contributed by atoms with Crippen molar-refractivity contribution in [1.29, 1.82) is 0 Å². The molecule has 1 atom stereocenters. The molecule has 0 aliphatic heterocycles. The van der Waals surface area contributed by atoms with Crippen LogP contribution in [-0.4, -0.2) is 61.9 Å². The van der Waals surface area contributed by atoms with Crippen molar-refractivity contribution in [1.82, 2.24) is 21.3 Å². The maximum atomic E-state index is 12.4. The zero-order valence-corrected chi connectivity index (χ0v) is 25.7. The first kappa shape index (κ1) is 40.8. The molecule has 0 saturated carbocycles. The van der Waals surface area contributed by atoms with Crippen LogP contribution in [0.5, 0.6) is 0 Å². The Morgan fingerprint density at radius 3 is 1.85 bits per heavy atom. The number of carbonyl (C=O) groups excluding carboxylic acids is 5. The van der Waals surface area contributed by atoms with Crippen molar-refractivity contribution in [2.24, 2.45) is 11.7 Å². The number of hydrogen-bond donors (Lipinski definition) is 6. The van der Waals surface area contributed by atoms with Gasteiger partial charge < -0.3 is 37.1 Å². The highest BCUT2D eigenvalue weighted by Gasteiger charge is 2.21. The van der Waals surface area contributed by atoms with Gasteiger partial charge in [0.05, 0.1) is 12.6 Å². The number of esters is 1. The molecule has 230 valence electrons. The molecule has 0 saturated heterocycles. The predicted molar refractivity (Wildman–Crippen MR) is 159 cm³/mol. The number of primary amides is 1. The maximum absolute atomic E-state index is 12.4. The Kier molecular flexibility index (Phi) is 27.5. The average molecular weight is 569 g/mol. The van der Waals surface area contributed by atoms with Crippen molar-refractivity contribution in [2.75, 3.05) is 31.5 Å². The third-order valence-corrected chi connectivity index (χ3v) is 4.46. The topological polar surface area (TPSA) is 181 Å². The Morgan fingerprint density at radius 2 is 1.43 bits per heavy atom. The van der Waals surface area contributed by atoms with Gasteiger partial charge in [-0.3, -0.25) is 19.2 Å². The molecule has 0 aliphatic carbocycles. The number of ether oxygens (including phenoxy) is 1. The van der Waals surface area contributed by atoms with Gasteiger partial charge in [0.25, 0.3) is 0 Å². The molecule has 0 radical (unpaired) electrons. The summed E-state index contributed by atoms with van der Waals surface area (Å²) < 4.78 is 4.90. The monoisotopic (exact) mass is 568 g/mol. The Balaban J connectivity index is -0.00000106. The first-order valence-corrected chi connectivity index (χ1v) is 13.8. The van der Waals surface area contributed by atoms with E-state index in [9.17, 15) is 24.0 Å². The van der Waals surface area contributed by atoms with Crippen molar-refractivity contribution >= 4 is 35.4 Å². The number of nitrogens with one attached hydrogen (secondary N) is 5. The highest BCUT2D eigenvalue weighted by molar-refractivity contribution is 5.95. The standard InChI is InChI=1S/C20H30N4O5.C4H10N2O.2C2H6/c1-13(2)19(22-10-9-21-14(3)25)20(28)23-11-18(27)24-17-7-5-16(6-8-17)12-29-15(4)26;1-2-3-6-4(5)7;2*1-2/h5-8,13,19,22H,9-12H2,1-4H3,(H,21,25)(H,23,28)(H,24,27);2-3H2,1H3,(H3,5,6,7);2*1-2H3. The second-order valence-corrected chi connectivity index (χ2v) is 8.19. The molecular formula is C28H52N6O6. The quantitative estimate of drug-likeness (QED) is 0.156. The van der Waals surface area contributed by atoms with Crippen LogP contribution in [0, 0.1) is 5.92 Å². The number of anilines is 1. The van der Waals surface area contributed by atoms with Crippen LogP contribution in [0.2, 0.25) is 0 Å². The van der Waals surface area contributed by atoms with E-state index < -0.39 is 12.1 Å². The Bertz CT molecular complexity index is 846. The van der Waals surface area contributed by atoms with Gasteiger partial charge >= 0.3 is 12.0 Å². The first-order valence-electron chi connectivity index (χ1n) is 13.8. The number of carbonyl (C=O) groups is 5. The number of hydrogen-bond acceptors (Lipinski definition) is 7. The van der Waals surface area contributed by atoms with E-state index in [1.165, 1.54) is 13.8 Å². The molecule has 12 nitrogen and oxygen atoms in total. The van der Waals surface area contributed by atoms with E-state index in [2.05, 4.69) is 26.6 Å². The summed E-state index contributed by atoms with van der Waals surface area (Å²) in [5, 5.41) is 13.5. The molecule has 0 heterocycles. The van der Waals surface area contributed by atoms with E-state index in [-0.39, 0.29) is 42.8 Å². The minimum absolute atomic E-state index is 0.0140. The number of benzene rings is 1. The second kappa shape index (κ2) is 26.9. The number of urea groups is 1. The van der Waals surface area contributed by atoms with Gasteiger partial charge in [0.2, 0.25) is 17.7 Å². The van der Waals surface area contributed by atoms with E-state index in [0.29, 0.717) is 25.3 Å². The molecule has 1 unspecified atom stereocenters. The van der Waals surface area contributed by atoms with Crippen LogP contribution in [0.3, 0.4) is 0 Å². The van der Waals surface area contributed by atoms with Crippen LogP contribution in [0.4, 0.5) is 10.5 Å². The number of amides is 5. The Labute approximate surface area is 239 Å². The van der Waals surface area contributed by atoms with Crippen molar-refractivity contribution in [3.05, 3.63) is 29.8 Å². The van der Waals surface area contributed by atoms with Crippen LogP contribution in [0.1, 0.15) is 74.3 Å². The lowest BCUT2D eigenvalue weighted by Gasteiger charge is -2.21. The van der Waals surface area contributed by atoms with E-state index in [0.717, 1.165) is 12.0 Å². The van der Waals surface area contributed by atoms with Gasteiger partial charge in [0.1, 0.15) is 6.61 Å². The first-order chi connectivity index (χ1) is 19.0. The van der Waals surface area contributed by atoms with Gasteiger partial charge in [-0.2, -0.15) is 0 Å². The van der Waals surface area contributed by atoms with E-state index in [1.807, 2.05) is 48.5 Å². The minimum Gasteiger partial charge on any atom is -0.461 e. The molecule has 0 bridgehead atoms. The summed E-state index contributed by atoms with van der Waals surface area (Å²) in [6.45, 7) is 18.1. The summed E-state index contributed by atoms with van der Waals surface area (Å²) in [6.07, 6.45) is 0.933. The Hall–Kier alpha value is -3.67. The molecule has 7 N–H and O–H groups in total. The average Bonchev–Trinajstić information content (AvgIpc) is 2.92. The second-order valence-electron chi connectivity index (χ2n) is 8.19. The van der Waals surface area contributed by atoms with E-state index >= 15 is 0 Å². The predicted octanol–water partition coefficient (Wildman–Crippen LogP) is 2.67.